The van der Waals surface area contributed by atoms with Gasteiger partial charge in [-0.15, -0.1) is 0 Å². The molecule has 10 nitrogen and oxygen atoms in total. The average Bonchev–Trinajstić information content (AvgIpc) is 3.38. The second-order valence-corrected chi connectivity index (χ2v) is 9.11. The smallest absolute Gasteiger partial charge is 0.242 e. The van der Waals surface area contributed by atoms with E-state index in [2.05, 4.69) is 10.6 Å². The van der Waals surface area contributed by atoms with Crippen LogP contribution in [-0.4, -0.2) is 67.5 Å². The van der Waals surface area contributed by atoms with Crippen molar-refractivity contribution < 1.29 is 19.1 Å². The number of carbonyl (C=O) groups excluding carboxylic acids is 3. The highest BCUT2D eigenvalue weighted by atomic mass is 16.5. The van der Waals surface area contributed by atoms with Crippen molar-refractivity contribution in [2.45, 2.75) is 44.3 Å². The summed E-state index contributed by atoms with van der Waals surface area (Å²) in [6.07, 6.45) is 1.62. The molecule has 0 spiro atoms. The number of nitrogens with zero attached hydrogens (tertiary/aromatic N) is 1. The lowest BCUT2D eigenvalue weighted by molar-refractivity contribution is -0.135. The zero-order valence-corrected chi connectivity index (χ0v) is 21.2. The molecule has 0 bridgehead atoms. The Morgan fingerprint density at radius 1 is 0.973 bits per heavy atom. The summed E-state index contributed by atoms with van der Waals surface area (Å²) in [5.74, 6) is -0.295. The summed E-state index contributed by atoms with van der Waals surface area (Å²) < 4.78 is 5.54. The third-order valence-corrected chi connectivity index (χ3v) is 6.30. The predicted molar refractivity (Wildman–Crippen MR) is 141 cm³/mol. The lowest BCUT2D eigenvalue weighted by Gasteiger charge is -2.24. The molecule has 2 aromatic rings. The molecule has 0 aliphatic carbocycles. The van der Waals surface area contributed by atoms with E-state index >= 15 is 0 Å². The van der Waals surface area contributed by atoms with Crippen molar-refractivity contribution in [3.8, 4) is 5.75 Å². The third-order valence-electron chi connectivity index (χ3n) is 6.30. The molecule has 0 unspecified atom stereocenters. The van der Waals surface area contributed by atoms with Crippen LogP contribution in [0.25, 0.3) is 0 Å². The van der Waals surface area contributed by atoms with Gasteiger partial charge in [0.1, 0.15) is 11.8 Å². The minimum Gasteiger partial charge on any atom is -0.493 e. The van der Waals surface area contributed by atoms with E-state index < -0.39 is 18.0 Å². The van der Waals surface area contributed by atoms with Crippen molar-refractivity contribution >= 4 is 17.7 Å². The molecule has 2 atom stereocenters. The number of hydrogen-bond acceptors (Lipinski definition) is 7. The van der Waals surface area contributed by atoms with E-state index in [0.29, 0.717) is 39.1 Å². The lowest BCUT2D eigenvalue weighted by Crippen LogP contribution is -2.53. The fourth-order valence-corrected chi connectivity index (χ4v) is 4.25. The van der Waals surface area contributed by atoms with Gasteiger partial charge in [0.05, 0.1) is 19.1 Å². The number of ether oxygens (including phenoxy) is 1. The first-order valence-corrected chi connectivity index (χ1v) is 12.7. The molecule has 1 heterocycles. The zero-order valence-electron chi connectivity index (χ0n) is 21.2. The van der Waals surface area contributed by atoms with Crippen LogP contribution in [0.15, 0.2) is 48.5 Å². The van der Waals surface area contributed by atoms with Crippen LogP contribution in [0.1, 0.15) is 29.5 Å². The van der Waals surface area contributed by atoms with Crippen LogP contribution in [0.2, 0.25) is 0 Å². The van der Waals surface area contributed by atoms with Crippen molar-refractivity contribution in [3.63, 3.8) is 0 Å². The topological polar surface area (TPSA) is 166 Å². The summed E-state index contributed by atoms with van der Waals surface area (Å²) in [6, 6.07) is 13.7. The standard InChI is InChI=1S/C27H38N6O4/c28-11-13-33(14-12-29)25(34)17-22(30)26(35)32-23(8-6-19-4-2-1-3-5-19)27(36)31-18-20-7-9-24-21(16-20)10-15-37-24/h1-5,7,9,16,22-23H,6,8,10-15,17-18,28-30H2,(H,31,36)(H,32,35)/t22-,23-/m0/s1. The van der Waals surface area contributed by atoms with Crippen molar-refractivity contribution in [1.82, 2.24) is 15.5 Å². The van der Waals surface area contributed by atoms with Gasteiger partial charge in [0.2, 0.25) is 17.7 Å². The fourth-order valence-electron chi connectivity index (χ4n) is 4.25. The molecule has 0 radical (unpaired) electrons. The molecule has 2 aromatic carbocycles. The van der Waals surface area contributed by atoms with Crippen molar-refractivity contribution in [2.75, 3.05) is 32.8 Å². The van der Waals surface area contributed by atoms with E-state index in [1.807, 2.05) is 48.5 Å². The number of rotatable bonds is 14. The van der Waals surface area contributed by atoms with Crippen LogP contribution in [0.3, 0.4) is 0 Å². The molecular weight excluding hydrogens is 472 g/mol. The predicted octanol–water partition coefficient (Wildman–Crippen LogP) is -0.181. The Bertz CT molecular complexity index is 1040. The molecule has 8 N–H and O–H groups in total. The van der Waals surface area contributed by atoms with Crippen LogP contribution in [0.4, 0.5) is 0 Å². The second kappa shape index (κ2) is 14.3. The van der Waals surface area contributed by atoms with E-state index in [4.69, 9.17) is 21.9 Å². The fraction of sp³-hybridized carbons (Fsp3) is 0.444. The number of benzene rings is 2. The maximum absolute atomic E-state index is 13.1. The minimum atomic E-state index is -1.10. The number of nitrogens with two attached hydrogens (primary N) is 3. The van der Waals surface area contributed by atoms with Gasteiger partial charge in [-0.1, -0.05) is 42.5 Å². The largest absolute Gasteiger partial charge is 0.493 e. The van der Waals surface area contributed by atoms with Crippen LogP contribution >= 0.6 is 0 Å². The Labute approximate surface area is 217 Å². The molecule has 200 valence electrons. The number of hydrogen-bond donors (Lipinski definition) is 5. The number of carbonyl (C=O) groups is 3. The van der Waals surface area contributed by atoms with Gasteiger partial charge in [-0.3, -0.25) is 14.4 Å². The highest BCUT2D eigenvalue weighted by Gasteiger charge is 2.26. The molecule has 1 aliphatic rings. The van der Waals surface area contributed by atoms with E-state index in [1.165, 1.54) is 4.90 Å². The Morgan fingerprint density at radius 3 is 2.41 bits per heavy atom. The van der Waals surface area contributed by atoms with Crippen molar-refractivity contribution in [2.24, 2.45) is 17.2 Å². The van der Waals surface area contributed by atoms with E-state index in [1.54, 1.807) is 0 Å². The SMILES string of the molecule is NCCN(CCN)C(=O)C[C@H](N)C(=O)N[C@@H](CCc1ccccc1)C(=O)NCc1ccc2c(c1)CCO2. The van der Waals surface area contributed by atoms with Gasteiger partial charge in [-0.2, -0.15) is 0 Å². The van der Waals surface area contributed by atoms with Crippen LogP contribution in [-0.2, 0) is 33.8 Å². The number of nitrogens with one attached hydrogen (secondary N) is 2. The molecule has 0 saturated heterocycles. The van der Waals surface area contributed by atoms with Crippen molar-refractivity contribution in [3.05, 3.63) is 65.2 Å². The summed E-state index contributed by atoms with van der Waals surface area (Å²) in [5, 5.41) is 5.68. The Balaban J connectivity index is 1.62. The van der Waals surface area contributed by atoms with Gasteiger partial charge in [-0.25, -0.2) is 0 Å². The maximum atomic E-state index is 13.1. The number of amides is 3. The first-order chi connectivity index (χ1) is 17.9. The minimum absolute atomic E-state index is 0.198. The van der Waals surface area contributed by atoms with Gasteiger partial charge < -0.3 is 37.5 Å². The molecular formula is C27H38N6O4. The Hall–Kier alpha value is -3.47. The molecule has 3 amide bonds. The van der Waals surface area contributed by atoms with E-state index in [0.717, 1.165) is 28.9 Å². The molecule has 10 heteroatoms. The van der Waals surface area contributed by atoms with Crippen molar-refractivity contribution in [1.29, 1.82) is 0 Å². The van der Waals surface area contributed by atoms with Gasteiger partial charge in [0.15, 0.2) is 0 Å². The summed E-state index contributed by atoms with van der Waals surface area (Å²) in [4.78, 5) is 40.1. The maximum Gasteiger partial charge on any atom is 0.242 e. The average molecular weight is 511 g/mol. The number of aryl methyl sites for hydroxylation is 1. The van der Waals surface area contributed by atoms with Crippen LogP contribution in [0.5, 0.6) is 5.75 Å². The first kappa shape index (κ1) is 28.1. The van der Waals surface area contributed by atoms with Gasteiger partial charge >= 0.3 is 0 Å². The summed E-state index contributed by atoms with van der Waals surface area (Å²) in [5.41, 5.74) is 20.3. The first-order valence-electron chi connectivity index (χ1n) is 12.7. The molecule has 0 fully saturated rings. The summed E-state index contributed by atoms with van der Waals surface area (Å²) in [7, 11) is 0. The quantitative estimate of drug-likeness (QED) is 0.235. The Kier molecular flexibility index (Phi) is 10.9. The van der Waals surface area contributed by atoms with Gasteiger partial charge in [0, 0.05) is 39.1 Å². The highest BCUT2D eigenvalue weighted by Crippen LogP contribution is 2.25. The number of fused-ring (bicyclic) bond motifs is 1. The summed E-state index contributed by atoms with van der Waals surface area (Å²) in [6.45, 7) is 2.22. The molecule has 0 saturated carbocycles. The van der Waals surface area contributed by atoms with Gasteiger partial charge in [0.25, 0.3) is 0 Å². The van der Waals surface area contributed by atoms with Crippen LogP contribution < -0.4 is 32.6 Å². The lowest BCUT2D eigenvalue weighted by atomic mass is 10.0. The molecule has 3 rings (SSSR count). The highest BCUT2D eigenvalue weighted by molar-refractivity contribution is 5.92. The van der Waals surface area contributed by atoms with Gasteiger partial charge in [-0.05, 0) is 35.6 Å². The third kappa shape index (κ3) is 8.56. The molecule has 0 aromatic heterocycles. The van der Waals surface area contributed by atoms with E-state index in [9.17, 15) is 14.4 Å². The Morgan fingerprint density at radius 2 is 1.70 bits per heavy atom. The monoisotopic (exact) mass is 510 g/mol. The molecule has 1 aliphatic heterocycles. The van der Waals surface area contributed by atoms with Crippen LogP contribution in [0, 0.1) is 0 Å². The normalized spacial score (nSPS) is 13.7. The van der Waals surface area contributed by atoms with E-state index in [-0.39, 0.29) is 31.3 Å². The summed E-state index contributed by atoms with van der Waals surface area (Å²) >= 11 is 0. The molecule has 37 heavy (non-hydrogen) atoms. The second-order valence-electron chi connectivity index (χ2n) is 9.11. The zero-order chi connectivity index (χ0) is 26.6.